The van der Waals surface area contributed by atoms with E-state index in [1.807, 2.05) is 61.5 Å². The van der Waals surface area contributed by atoms with Crippen molar-refractivity contribution in [1.82, 2.24) is 9.97 Å². The largest absolute Gasteiger partial charge is 0.370 e. The number of aromatic nitrogens is 2. The molecule has 0 unspecified atom stereocenters. The SMILES string of the molecule is CCNc1nc(SCCC(=O)Nc2ccccc2)nc2ccccc12. The van der Waals surface area contributed by atoms with E-state index in [4.69, 9.17) is 0 Å². The van der Waals surface area contributed by atoms with Gasteiger partial charge in [0.2, 0.25) is 5.91 Å². The zero-order valence-electron chi connectivity index (χ0n) is 14.0. The van der Waals surface area contributed by atoms with Gasteiger partial charge in [-0.3, -0.25) is 4.79 Å². The minimum Gasteiger partial charge on any atom is -0.370 e. The topological polar surface area (TPSA) is 66.9 Å². The zero-order valence-corrected chi connectivity index (χ0v) is 14.8. The molecular formula is C19H20N4OS. The first-order valence-electron chi connectivity index (χ1n) is 8.24. The average Bonchev–Trinajstić information content (AvgIpc) is 2.63. The summed E-state index contributed by atoms with van der Waals surface area (Å²) in [5, 5.41) is 7.86. The van der Waals surface area contributed by atoms with Crippen molar-refractivity contribution in [2.45, 2.75) is 18.5 Å². The van der Waals surface area contributed by atoms with Crippen LogP contribution in [0.1, 0.15) is 13.3 Å². The number of hydrogen-bond donors (Lipinski definition) is 2. The molecule has 1 amide bonds. The Labute approximate surface area is 151 Å². The first-order valence-corrected chi connectivity index (χ1v) is 9.23. The Kier molecular flexibility index (Phi) is 5.85. The molecule has 0 saturated heterocycles. The molecule has 0 atom stereocenters. The molecular weight excluding hydrogens is 332 g/mol. The predicted octanol–water partition coefficient (Wildman–Crippen LogP) is 4.18. The molecule has 25 heavy (non-hydrogen) atoms. The first-order chi connectivity index (χ1) is 12.3. The number of rotatable bonds is 7. The molecule has 128 valence electrons. The number of hydrogen-bond acceptors (Lipinski definition) is 5. The maximum atomic E-state index is 12.0. The fourth-order valence-corrected chi connectivity index (χ4v) is 3.19. The number of anilines is 2. The number of nitrogens with one attached hydrogen (secondary N) is 2. The third-order valence-corrected chi connectivity index (χ3v) is 4.39. The lowest BCUT2D eigenvalue weighted by Crippen LogP contribution is -2.12. The van der Waals surface area contributed by atoms with Crippen LogP contribution in [-0.2, 0) is 4.79 Å². The molecule has 3 aromatic rings. The van der Waals surface area contributed by atoms with Gasteiger partial charge in [0.25, 0.3) is 0 Å². The highest BCUT2D eigenvalue weighted by Crippen LogP contribution is 2.24. The molecule has 0 aliphatic rings. The molecule has 0 saturated carbocycles. The van der Waals surface area contributed by atoms with E-state index in [2.05, 4.69) is 20.6 Å². The minimum atomic E-state index is -0.00797. The van der Waals surface area contributed by atoms with Gasteiger partial charge in [0, 0.05) is 29.8 Å². The summed E-state index contributed by atoms with van der Waals surface area (Å²) in [4.78, 5) is 21.2. The Morgan fingerprint density at radius 3 is 2.60 bits per heavy atom. The average molecular weight is 352 g/mol. The van der Waals surface area contributed by atoms with Gasteiger partial charge in [-0.2, -0.15) is 0 Å². The Morgan fingerprint density at radius 2 is 1.80 bits per heavy atom. The van der Waals surface area contributed by atoms with Crippen LogP contribution in [0.2, 0.25) is 0 Å². The summed E-state index contributed by atoms with van der Waals surface area (Å²) in [6.45, 7) is 2.84. The van der Waals surface area contributed by atoms with Gasteiger partial charge < -0.3 is 10.6 Å². The van der Waals surface area contributed by atoms with Crippen LogP contribution < -0.4 is 10.6 Å². The van der Waals surface area contributed by atoms with Crippen molar-refractivity contribution in [2.24, 2.45) is 0 Å². The number of benzene rings is 2. The summed E-state index contributed by atoms with van der Waals surface area (Å²) in [5.74, 6) is 1.46. The number of thioether (sulfide) groups is 1. The summed E-state index contributed by atoms with van der Waals surface area (Å²) in [7, 11) is 0. The fraction of sp³-hybridized carbons (Fsp3) is 0.211. The molecule has 0 aliphatic carbocycles. The third kappa shape index (κ3) is 4.70. The van der Waals surface area contributed by atoms with Crippen LogP contribution in [0.3, 0.4) is 0 Å². The molecule has 1 heterocycles. The Hall–Kier alpha value is -2.60. The van der Waals surface area contributed by atoms with Crippen molar-refractivity contribution in [2.75, 3.05) is 22.9 Å². The van der Waals surface area contributed by atoms with Crippen molar-refractivity contribution in [3.8, 4) is 0 Å². The Morgan fingerprint density at radius 1 is 1.04 bits per heavy atom. The highest BCUT2D eigenvalue weighted by Gasteiger charge is 2.08. The van der Waals surface area contributed by atoms with Gasteiger partial charge in [-0.15, -0.1) is 0 Å². The normalized spacial score (nSPS) is 10.6. The van der Waals surface area contributed by atoms with Gasteiger partial charge in [0.15, 0.2) is 5.16 Å². The van der Waals surface area contributed by atoms with Crippen molar-refractivity contribution in [1.29, 1.82) is 0 Å². The van der Waals surface area contributed by atoms with Gasteiger partial charge in [-0.05, 0) is 31.2 Å². The second-order valence-corrected chi connectivity index (χ2v) is 6.48. The lowest BCUT2D eigenvalue weighted by molar-refractivity contribution is -0.115. The smallest absolute Gasteiger partial charge is 0.225 e. The monoisotopic (exact) mass is 352 g/mol. The van der Waals surface area contributed by atoms with Crippen LogP contribution in [-0.4, -0.2) is 28.2 Å². The van der Waals surface area contributed by atoms with E-state index in [1.54, 1.807) is 0 Å². The van der Waals surface area contributed by atoms with Crippen molar-refractivity contribution in [3.05, 3.63) is 54.6 Å². The maximum Gasteiger partial charge on any atom is 0.225 e. The van der Waals surface area contributed by atoms with Crippen molar-refractivity contribution < 1.29 is 4.79 Å². The second-order valence-electron chi connectivity index (χ2n) is 5.41. The van der Waals surface area contributed by atoms with E-state index in [9.17, 15) is 4.79 Å². The molecule has 1 aromatic heterocycles. The van der Waals surface area contributed by atoms with Gasteiger partial charge in [0.05, 0.1) is 5.52 Å². The number of amides is 1. The summed E-state index contributed by atoms with van der Waals surface area (Å²) in [6.07, 6.45) is 0.409. The Bertz CT molecular complexity index is 854. The molecule has 0 fully saturated rings. The van der Waals surface area contributed by atoms with Gasteiger partial charge >= 0.3 is 0 Å². The zero-order chi connectivity index (χ0) is 17.5. The lowest BCUT2D eigenvalue weighted by Gasteiger charge is -2.09. The molecule has 0 bridgehead atoms. The maximum absolute atomic E-state index is 12.0. The van der Waals surface area contributed by atoms with Crippen LogP contribution in [0.4, 0.5) is 11.5 Å². The van der Waals surface area contributed by atoms with Crippen molar-refractivity contribution in [3.63, 3.8) is 0 Å². The summed E-state index contributed by atoms with van der Waals surface area (Å²) >= 11 is 1.49. The molecule has 2 aromatic carbocycles. The van der Waals surface area contributed by atoms with E-state index in [0.717, 1.165) is 29.0 Å². The molecule has 0 aliphatic heterocycles. The van der Waals surface area contributed by atoms with Crippen LogP contribution >= 0.6 is 11.8 Å². The number of fused-ring (bicyclic) bond motifs is 1. The molecule has 6 heteroatoms. The van der Waals surface area contributed by atoms with Crippen molar-refractivity contribution >= 4 is 40.1 Å². The van der Waals surface area contributed by atoms with Crippen LogP contribution in [0.5, 0.6) is 0 Å². The van der Waals surface area contributed by atoms with Crippen LogP contribution in [0.15, 0.2) is 59.8 Å². The van der Waals surface area contributed by atoms with Crippen LogP contribution in [0, 0.1) is 0 Å². The number of carbonyl (C=O) groups is 1. The van der Waals surface area contributed by atoms with Crippen LogP contribution in [0.25, 0.3) is 10.9 Å². The number of para-hydroxylation sites is 2. The van der Waals surface area contributed by atoms with E-state index >= 15 is 0 Å². The number of carbonyl (C=O) groups excluding carboxylic acids is 1. The van der Waals surface area contributed by atoms with Gasteiger partial charge in [0.1, 0.15) is 5.82 Å². The fourth-order valence-electron chi connectivity index (χ4n) is 2.40. The standard InChI is InChI=1S/C19H20N4OS/c1-2-20-18-15-10-6-7-11-16(15)22-19(23-18)25-13-12-17(24)21-14-8-4-3-5-9-14/h3-11H,2,12-13H2,1H3,(H,21,24)(H,20,22,23). The lowest BCUT2D eigenvalue weighted by atomic mass is 10.2. The van der Waals surface area contributed by atoms with E-state index in [1.165, 1.54) is 11.8 Å². The third-order valence-electron chi connectivity index (χ3n) is 3.54. The second kappa shape index (κ2) is 8.48. The summed E-state index contributed by atoms with van der Waals surface area (Å²) < 4.78 is 0. The first kappa shape index (κ1) is 17.2. The predicted molar refractivity (Wildman–Crippen MR) is 104 cm³/mol. The molecule has 3 rings (SSSR count). The molecule has 0 spiro atoms. The van der Waals surface area contributed by atoms with E-state index in [-0.39, 0.29) is 5.91 Å². The molecule has 0 radical (unpaired) electrons. The number of nitrogens with zero attached hydrogens (tertiary/aromatic N) is 2. The highest BCUT2D eigenvalue weighted by molar-refractivity contribution is 7.99. The summed E-state index contributed by atoms with van der Waals surface area (Å²) in [5.41, 5.74) is 1.72. The molecule has 2 N–H and O–H groups in total. The van der Waals surface area contributed by atoms with Gasteiger partial charge in [-0.25, -0.2) is 9.97 Å². The highest BCUT2D eigenvalue weighted by atomic mass is 32.2. The Balaban J connectivity index is 1.62. The van der Waals surface area contributed by atoms with Gasteiger partial charge in [-0.1, -0.05) is 42.1 Å². The van der Waals surface area contributed by atoms with E-state index < -0.39 is 0 Å². The quantitative estimate of drug-likeness (QED) is 0.493. The minimum absolute atomic E-state index is 0.00797. The van der Waals surface area contributed by atoms with E-state index in [0.29, 0.717) is 17.3 Å². The molecule has 5 nitrogen and oxygen atoms in total. The summed E-state index contributed by atoms with van der Waals surface area (Å²) in [6, 6.07) is 17.4.